The van der Waals surface area contributed by atoms with Gasteiger partial charge in [-0.05, 0) is 43.7 Å². The number of carbonyl (C=O) groups excluding carboxylic acids is 1. The van der Waals surface area contributed by atoms with Crippen LogP contribution in [0.1, 0.15) is 76.8 Å². The van der Waals surface area contributed by atoms with Crippen LogP contribution < -0.4 is 5.32 Å². The Kier molecular flexibility index (Phi) is 4.16. The van der Waals surface area contributed by atoms with E-state index >= 15 is 0 Å². The first kappa shape index (κ1) is 15.8. The van der Waals surface area contributed by atoms with Gasteiger partial charge in [0.2, 0.25) is 5.89 Å². The SMILES string of the molecule is Cc1nc(C2(NC(=O)c3cc4c(s3)CCC4)CCCCCC2)no1. The predicted molar refractivity (Wildman–Crippen MR) is 92.2 cm³/mol. The van der Waals surface area contributed by atoms with Crippen LogP contribution in [-0.4, -0.2) is 16.0 Å². The van der Waals surface area contributed by atoms with Gasteiger partial charge in [-0.3, -0.25) is 4.79 Å². The summed E-state index contributed by atoms with van der Waals surface area (Å²) in [4.78, 5) is 19.6. The Hall–Kier alpha value is -1.69. The summed E-state index contributed by atoms with van der Waals surface area (Å²) in [5, 5.41) is 7.45. The number of nitrogens with one attached hydrogen (secondary N) is 1. The van der Waals surface area contributed by atoms with E-state index in [1.807, 2.05) is 0 Å². The van der Waals surface area contributed by atoms with E-state index in [4.69, 9.17) is 4.52 Å². The average Bonchev–Trinajstić information content (AvgIpc) is 3.22. The lowest BCUT2D eigenvalue weighted by Gasteiger charge is -2.30. The number of rotatable bonds is 3. The van der Waals surface area contributed by atoms with Crippen molar-refractivity contribution < 1.29 is 9.32 Å². The number of amides is 1. The summed E-state index contributed by atoms with van der Waals surface area (Å²) in [6.07, 6.45) is 9.74. The molecule has 2 aromatic rings. The maximum Gasteiger partial charge on any atom is 0.262 e. The Labute approximate surface area is 145 Å². The second-order valence-corrected chi connectivity index (χ2v) is 8.14. The van der Waals surface area contributed by atoms with Gasteiger partial charge >= 0.3 is 0 Å². The van der Waals surface area contributed by atoms with Crippen molar-refractivity contribution in [2.45, 2.75) is 70.3 Å². The standard InChI is InChI=1S/C18H23N3O2S/c1-12-19-17(21-23-12)18(9-4-2-3-5-10-18)20-16(22)15-11-13-7-6-8-14(13)24-15/h11H,2-10H2,1H3,(H,20,22). The van der Waals surface area contributed by atoms with Crippen molar-refractivity contribution in [2.24, 2.45) is 0 Å². The smallest absolute Gasteiger partial charge is 0.262 e. The molecule has 2 aromatic heterocycles. The molecule has 24 heavy (non-hydrogen) atoms. The summed E-state index contributed by atoms with van der Waals surface area (Å²) in [5.74, 6) is 1.20. The molecule has 6 heteroatoms. The van der Waals surface area contributed by atoms with Crippen molar-refractivity contribution in [3.05, 3.63) is 33.1 Å². The molecule has 2 aliphatic carbocycles. The molecule has 4 rings (SSSR count). The van der Waals surface area contributed by atoms with Gasteiger partial charge < -0.3 is 9.84 Å². The predicted octanol–water partition coefficient (Wildman–Crippen LogP) is 3.91. The zero-order chi connectivity index (χ0) is 16.6. The van der Waals surface area contributed by atoms with E-state index < -0.39 is 5.54 Å². The van der Waals surface area contributed by atoms with E-state index in [1.54, 1.807) is 18.3 Å². The van der Waals surface area contributed by atoms with Crippen LogP contribution in [0.4, 0.5) is 0 Å². The van der Waals surface area contributed by atoms with Gasteiger partial charge in [-0.1, -0.05) is 30.8 Å². The highest BCUT2D eigenvalue weighted by Gasteiger charge is 2.39. The molecule has 2 aliphatic rings. The Morgan fingerprint density at radius 2 is 2.00 bits per heavy atom. The van der Waals surface area contributed by atoms with Crippen LogP contribution in [-0.2, 0) is 18.4 Å². The number of hydrogen-bond donors (Lipinski definition) is 1. The van der Waals surface area contributed by atoms with E-state index in [0.29, 0.717) is 11.7 Å². The molecule has 0 aliphatic heterocycles. The van der Waals surface area contributed by atoms with E-state index in [9.17, 15) is 4.79 Å². The molecule has 1 saturated carbocycles. The lowest BCUT2D eigenvalue weighted by Crippen LogP contribution is -2.46. The molecule has 0 saturated heterocycles. The fourth-order valence-corrected chi connectivity index (χ4v) is 5.10. The first-order chi connectivity index (χ1) is 11.7. The van der Waals surface area contributed by atoms with Crippen molar-refractivity contribution in [1.82, 2.24) is 15.5 Å². The number of fused-ring (bicyclic) bond motifs is 1. The molecule has 0 bridgehead atoms. The van der Waals surface area contributed by atoms with Crippen LogP contribution in [0.2, 0.25) is 0 Å². The molecular formula is C18H23N3O2S. The van der Waals surface area contributed by atoms with Crippen LogP contribution in [0.15, 0.2) is 10.6 Å². The van der Waals surface area contributed by atoms with Crippen LogP contribution in [0.5, 0.6) is 0 Å². The minimum Gasteiger partial charge on any atom is -0.340 e. The minimum absolute atomic E-state index is 0.0127. The Balaban J connectivity index is 1.62. The first-order valence-corrected chi connectivity index (χ1v) is 9.73. The van der Waals surface area contributed by atoms with Crippen molar-refractivity contribution >= 4 is 17.2 Å². The third-order valence-corrected chi connectivity index (χ3v) is 6.47. The molecular weight excluding hydrogens is 322 g/mol. The fourth-order valence-electron chi connectivity index (χ4n) is 3.95. The molecule has 0 unspecified atom stereocenters. The third-order valence-electron chi connectivity index (χ3n) is 5.24. The van der Waals surface area contributed by atoms with Gasteiger partial charge in [0.05, 0.1) is 4.88 Å². The lowest BCUT2D eigenvalue weighted by atomic mass is 9.89. The van der Waals surface area contributed by atoms with Crippen LogP contribution in [0.3, 0.4) is 0 Å². The number of aryl methyl sites for hydroxylation is 3. The lowest BCUT2D eigenvalue weighted by molar-refractivity contribution is 0.0881. The van der Waals surface area contributed by atoms with Crippen molar-refractivity contribution in [3.8, 4) is 0 Å². The van der Waals surface area contributed by atoms with Gasteiger partial charge in [0, 0.05) is 11.8 Å². The zero-order valence-electron chi connectivity index (χ0n) is 14.1. The van der Waals surface area contributed by atoms with Gasteiger partial charge in [0.25, 0.3) is 5.91 Å². The summed E-state index contributed by atoms with van der Waals surface area (Å²) in [6.45, 7) is 1.80. The number of hydrogen-bond acceptors (Lipinski definition) is 5. The monoisotopic (exact) mass is 345 g/mol. The molecule has 0 aromatic carbocycles. The van der Waals surface area contributed by atoms with Gasteiger partial charge in [0.15, 0.2) is 5.82 Å². The summed E-state index contributed by atoms with van der Waals surface area (Å²) in [5.41, 5.74) is 0.871. The van der Waals surface area contributed by atoms with Crippen molar-refractivity contribution in [3.63, 3.8) is 0 Å². The van der Waals surface area contributed by atoms with Gasteiger partial charge in [-0.15, -0.1) is 11.3 Å². The quantitative estimate of drug-likeness (QED) is 0.857. The largest absolute Gasteiger partial charge is 0.340 e. The summed E-state index contributed by atoms with van der Waals surface area (Å²) in [7, 11) is 0. The molecule has 0 atom stereocenters. The summed E-state index contributed by atoms with van der Waals surface area (Å²) < 4.78 is 5.21. The number of carbonyl (C=O) groups is 1. The average molecular weight is 345 g/mol. The highest BCUT2D eigenvalue weighted by atomic mass is 32.1. The third kappa shape index (κ3) is 2.88. The van der Waals surface area contributed by atoms with Crippen LogP contribution in [0, 0.1) is 6.92 Å². The molecule has 1 amide bonds. The maximum absolute atomic E-state index is 12.9. The second kappa shape index (κ2) is 6.31. The molecule has 5 nitrogen and oxygen atoms in total. The van der Waals surface area contributed by atoms with E-state index in [1.165, 1.54) is 29.7 Å². The van der Waals surface area contributed by atoms with Crippen LogP contribution in [0.25, 0.3) is 0 Å². The van der Waals surface area contributed by atoms with Gasteiger partial charge in [-0.2, -0.15) is 4.98 Å². The molecule has 128 valence electrons. The second-order valence-electron chi connectivity index (χ2n) is 7.00. The number of aromatic nitrogens is 2. The minimum atomic E-state index is -0.486. The van der Waals surface area contributed by atoms with E-state index in [2.05, 4.69) is 21.5 Å². The molecule has 0 radical (unpaired) electrons. The first-order valence-electron chi connectivity index (χ1n) is 8.91. The van der Waals surface area contributed by atoms with E-state index in [-0.39, 0.29) is 5.91 Å². The molecule has 0 spiro atoms. The summed E-state index contributed by atoms with van der Waals surface area (Å²) >= 11 is 1.65. The van der Waals surface area contributed by atoms with Crippen molar-refractivity contribution in [1.29, 1.82) is 0 Å². The van der Waals surface area contributed by atoms with Gasteiger partial charge in [0.1, 0.15) is 5.54 Å². The molecule has 1 N–H and O–H groups in total. The number of nitrogens with zero attached hydrogens (tertiary/aromatic N) is 2. The van der Waals surface area contributed by atoms with Crippen molar-refractivity contribution in [2.75, 3.05) is 0 Å². The highest BCUT2D eigenvalue weighted by molar-refractivity contribution is 7.14. The topological polar surface area (TPSA) is 68.0 Å². The zero-order valence-corrected chi connectivity index (χ0v) is 14.9. The van der Waals surface area contributed by atoms with Crippen LogP contribution >= 0.6 is 11.3 Å². The Bertz CT molecular complexity index is 720. The molecule has 2 heterocycles. The summed E-state index contributed by atoms with van der Waals surface area (Å²) in [6, 6.07) is 2.08. The van der Waals surface area contributed by atoms with Gasteiger partial charge in [-0.25, -0.2) is 0 Å². The Morgan fingerprint density at radius 3 is 2.67 bits per heavy atom. The fraction of sp³-hybridized carbons (Fsp3) is 0.611. The number of thiophene rings is 1. The Morgan fingerprint density at radius 1 is 1.21 bits per heavy atom. The molecule has 1 fully saturated rings. The maximum atomic E-state index is 12.9. The van der Waals surface area contributed by atoms with E-state index in [0.717, 1.165) is 43.4 Å². The normalized spacial score (nSPS) is 19.7. The highest BCUT2D eigenvalue weighted by Crippen LogP contribution is 2.36.